The SMILES string of the molecule is CC(C)[C@H](NC(=O)c1cccc(S(=O)(=O)N2CCOCC2)c1)C(=O)N1CCCCC1. The number of piperidine rings is 1. The first-order valence-electron chi connectivity index (χ1n) is 10.6. The van der Waals surface area contributed by atoms with Crippen LogP contribution in [-0.2, 0) is 19.6 Å². The monoisotopic (exact) mass is 437 g/mol. The third-order valence-corrected chi connectivity index (χ3v) is 7.49. The fourth-order valence-electron chi connectivity index (χ4n) is 3.78. The van der Waals surface area contributed by atoms with Crippen LogP contribution in [0.2, 0.25) is 0 Å². The maximum absolute atomic E-state index is 12.9. The lowest BCUT2D eigenvalue weighted by Crippen LogP contribution is -2.52. The molecule has 2 fully saturated rings. The molecule has 2 amide bonds. The summed E-state index contributed by atoms with van der Waals surface area (Å²) in [5.74, 6) is -0.600. The van der Waals surface area contributed by atoms with Crippen molar-refractivity contribution in [1.82, 2.24) is 14.5 Å². The third-order valence-electron chi connectivity index (χ3n) is 5.59. The zero-order valence-corrected chi connectivity index (χ0v) is 18.5. The zero-order valence-electron chi connectivity index (χ0n) is 17.7. The standard InChI is InChI=1S/C21H31N3O5S/c1-16(2)19(21(26)23-9-4-3-5-10-23)22-20(25)17-7-6-8-18(15-17)30(27,28)24-11-13-29-14-12-24/h6-8,15-16,19H,3-5,9-14H2,1-2H3,(H,22,25)/t19-/m0/s1. The summed E-state index contributed by atoms with van der Waals surface area (Å²) in [6.07, 6.45) is 3.07. The molecule has 0 saturated carbocycles. The lowest BCUT2D eigenvalue weighted by molar-refractivity contribution is -0.135. The van der Waals surface area contributed by atoms with E-state index in [-0.39, 0.29) is 22.3 Å². The Morgan fingerprint density at radius 2 is 1.70 bits per heavy atom. The van der Waals surface area contributed by atoms with E-state index >= 15 is 0 Å². The largest absolute Gasteiger partial charge is 0.379 e. The van der Waals surface area contributed by atoms with Crippen molar-refractivity contribution in [3.05, 3.63) is 29.8 Å². The first kappa shape index (κ1) is 22.7. The number of sulfonamides is 1. The molecule has 1 atom stereocenters. The first-order chi connectivity index (χ1) is 14.3. The maximum atomic E-state index is 12.9. The van der Waals surface area contributed by atoms with E-state index in [1.54, 1.807) is 12.1 Å². The van der Waals surface area contributed by atoms with Crippen LogP contribution in [-0.4, -0.2) is 74.9 Å². The maximum Gasteiger partial charge on any atom is 0.251 e. The number of amides is 2. The molecule has 9 heteroatoms. The number of carbonyl (C=O) groups is 2. The van der Waals surface area contributed by atoms with Gasteiger partial charge in [-0.2, -0.15) is 4.31 Å². The van der Waals surface area contributed by atoms with Gasteiger partial charge in [-0.1, -0.05) is 19.9 Å². The molecule has 2 saturated heterocycles. The van der Waals surface area contributed by atoms with Gasteiger partial charge in [-0.15, -0.1) is 0 Å². The molecule has 0 aliphatic carbocycles. The number of rotatable bonds is 6. The van der Waals surface area contributed by atoms with Gasteiger partial charge in [-0.25, -0.2) is 8.42 Å². The molecule has 1 aromatic rings. The molecule has 1 N–H and O–H groups in total. The van der Waals surface area contributed by atoms with Crippen molar-refractivity contribution in [2.75, 3.05) is 39.4 Å². The van der Waals surface area contributed by atoms with Crippen molar-refractivity contribution in [2.24, 2.45) is 5.92 Å². The Morgan fingerprint density at radius 3 is 2.33 bits per heavy atom. The summed E-state index contributed by atoms with van der Waals surface area (Å²) in [4.78, 5) is 27.7. The molecule has 2 heterocycles. The Morgan fingerprint density at radius 1 is 1.03 bits per heavy atom. The predicted molar refractivity (Wildman–Crippen MR) is 113 cm³/mol. The lowest BCUT2D eigenvalue weighted by atomic mass is 10.0. The van der Waals surface area contributed by atoms with Crippen molar-refractivity contribution in [2.45, 2.75) is 44.0 Å². The van der Waals surface area contributed by atoms with Gasteiger partial charge < -0.3 is 15.0 Å². The van der Waals surface area contributed by atoms with E-state index in [0.717, 1.165) is 19.3 Å². The van der Waals surface area contributed by atoms with Gasteiger partial charge in [0.2, 0.25) is 15.9 Å². The summed E-state index contributed by atoms with van der Waals surface area (Å²) in [5, 5.41) is 2.83. The van der Waals surface area contributed by atoms with Crippen molar-refractivity contribution < 1.29 is 22.7 Å². The van der Waals surface area contributed by atoms with E-state index < -0.39 is 22.0 Å². The summed E-state index contributed by atoms with van der Waals surface area (Å²) in [5.41, 5.74) is 0.224. The smallest absolute Gasteiger partial charge is 0.251 e. The molecule has 8 nitrogen and oxygen atoms in total. The van der Waals surface area contributed by atoms with Crippen LogP contribution in [0.3, 0.4) is 0 Å². The van der Waals surface area contributed by atoms with E-state index in [1.165, 1.54) is 16.4 Å². The number of carbonyl (C=O) groups excluding carboxylic acids is 2. The molecular weight excluding hydrogens is 406 g/mol. The van der Waals surface area contributed by atoms with Crippen LogP contribution in [0.25, 0.3) is 0 Å². The summed E-state index contributed by atoms with van der Waals surface area (Å²) in [6, 6.07) is 5.34. The van der Waals surface area contributed by atoms with Crippen LogP contribution in [0.1, 0.15) is 43.5 Å². The highest BCUT2D eigenvalue weighted by molar-refractivity contribution is 7.89. The molecule has 0 bridgehead atoms. The highest BCUT2D eigenvalue weighted by Crippen LogP contribution is 2.19. The predicted octanol–water partition coefficient (Wildman–Crippen LogP) is 1.47. The topological polar surface area (TPSA) is 96.0 Å². The number of nitrogens with zero attached hydrogens (tertiary/aromatic N) is 2. The van der Waals surface area contributed by atoms with E-state index in [4.69, 9.17) is 4.74 Å². The summed E-state index contributed by atoms with van der Waals surface area (Å²) >= 11 is 0. The molecule has 30 heavy (non-hydrogen) atoms. The Labute approximate surface area is 178 Å². The van der Waals surface area contributed by atoms with Crippen molar-refractivity contribution in [3.63, 3.8) is 0 Å². The Bertz CT molecular complexity index is 859. The number of morpholine rings is 1. The number of benzene rings is 1. The minimum absolute atomic E-state index is 0.0699. The van der Waals surface area contributed by atoms with E-state index in [0.29, 0.717) is 39.4 Å². The number of nitrogens with one attached hydrogen (secondary N) is 1. The average molecular weight is 438 g/mol. The van der Waals surface area contributed by atoms with Gasteiger partial charge in [0.1, 0.15) is 6.04 Å². The van der Waals surface area contributed by atoms with Gasteiger partial charge in [-0.05, 0) is 43.4 Å². The van der Waals surface area contributed by atoms with Crippen LogP contribution < -0.4 is 5.32 Å². The van der Waals surface area contributed by atoms with Gasteiger partial charge in [0.05, 0.1) is 18.1 Å². The number of hydrogen-bond donors (Lipinski definition) is 1. The van der Waals surface area contributed by atoms with Crippen LogP contribution in [0.5, 0.6) is 0 Å². The summed E-state index contributed by atoms with van der Waals surface area (Å²) in [7, 11) is -3.70. The van der Waals surface area contributed by atoms with Gasteiger partial charge in [0.15, 0.2) is 0 Å². The minimum Gasteiger partial charge on any atom is -0.379 e. The summed E-state index contributed by atoms with van der Waals surface area (Å²) in [6.45, 7) is 6.51. The van der Waals surface area contributed by atoms with Crippen molar-refractivity contribution in [1.29, 1.82) is 0 Å². The second kappa shape index (κ2) is 9.89. The Hall–Kier alpha value is -1.97. The van der Waals surface area contributed by atoms with Crippen LogP contribution in [0.4, 0.5) is 0 Å². The molecule has 2 aliphatic rings. The van der Waals surface area contributed by atoms with Crippen LogP contribution in [0, 0.1) is 5.92 Å². The number of hydrogen-bond acceptors (Lipinski definition) is 5. The molecule has 0 unspecified atom stereocenters. The highest BCUT2D eigenvalue weighted by atomic mass is 32.2. The van der Waals surface area contributed by atoms with Crippen LogP contribution >= 0.6 is 0 Å². The average Bonchev–Trinajstić information content (AvgIpc) is 2.78. The van der Waals surface area contributed by atoms with Gasteiger partial charge in [0, 0.05) is 31.7 Å². The fraction of sp³-hybridized carbons (Fsp3) is 0.619. The molecule has 2 aliphatic heterocycles. The molecule has 3 rings (SSSR count). The first-order valence-corrected chi connectivity index (χ1v) is 12.0. The second-order valence-corrected chi connectivity index (χ2v) is 10.1. The molecule has 0 radical (unpaired) electrons. The highest BCUT2D eigenvalue weighted by Gasteiger charge is 2.31. The number of likely N-dealkylation sites (tertiary alicyclic amines) is 1. The minimum atomic E-state index is -3.70. The van der Waals surface area contributed by atoms with E-state index in [1.807, 2.05) is 18.7 Å². The van der Waals surface area contributed by atoms with Crippen LogP contribution in [0.15, 0.2) is 29.2 Å². The molecule has 0 aromatic heterocycles. The zero-order chi connectivity index (χ0) is 21.7. The lowest BCUT2D eigenvalue weighted by Gasteiger charge is -2.32. The second-order valence-electron chi connectivity index (χ2n) is 8.13. The Balaban J connectivity index is 1.75. The van der Waals surface area contributed by atoms with Gasteiger partial charge in [-0.3, -0.25) is 9.59 Å². The molecule has 166 valence electrons. The molecule has 0 spiro atoms. The molecular formula is C21H31N3O5S. The number of ether oxygens (including phenoxy) is 1. The van der Waals surface area contributed by atoms with Gasteiger partial charge in [0.25, 0.3) is 5.91 Å². The fourth-order valence-corrected chi connectivity index (χ4v) is 5.24. The van der Waals surface area contributed by atoms with E-state index in [2.05, 4.69) is 5.32 Å². The van der Waals surface area contributed by atoms with E-state index in [9.17, 15) is 18.0 Å². The quantitative estimate of drug-likeness (QED) is 0.727. The third kappa shape index (κ3) is 5.19. The summed E-state index contributed by atoms with van der Waals surface area (Å²) < 4.78 is 32.4. The molecule has 1 aromatic carbocycles. The van der Waals surface area contributed by atoms with Crippen molar-refractivity contribution >= 4 is 21.8 Å². The van der Waals surface area contributed by atoms with Crippen molar-refractivity contribution in [3.8, 4) is 0 Å². The normalized spacial score (nSPS) is 19.5. The Kier molecular flexibility index (Phi) is 7.49. The van der Waals surface area contributed by atoms with Gasteiger partial charge >= 0.3 is 0 Å².